The van der Waals surface area contributed by atoms with Crippen LogP contribution in [0.15, 0.2) is 9.90 Å². The van der Waals surface area contributed by atoms with Gasteiger partial charge in [-0.05, 0) is 26.8 Å². The van der Waals surface area contributed by atoms with Crippen LogP contribution >= 0.6 is 11.3 Å². The zero-order valence-electron chi connectivity index (χ0n) is 12.5. The van der Waals surface area contributed by atoms with Crippen molar-refractivity contribution in [2.45, 2.75) is 52.5 Å². The summed E-state index contributed by atoms with van der Waals surface area (Å²) in [7, 11) is 0. The van der Waals surface area contributed by atoms with Gasteiger partial charge in [0.15, 0.2) is 5.82 Å². The third-order valence-corrected chi connectivity index (χ3v) is 4.28. The van der Waals surface area contributed by atoms with Crippen LogP contribution in [0.25, 0.3) is 0 Å². The van der Waals surface area contributed by atoms with E-state index in [0.717, 1.165) is 23.7 Å². The summed E-state index contributed by atoms with van der Waals surface area (Å²) in [4.78, 5) is 8.91. The Kier molecular flexibility index (Phi) is 5.25. The van der Waals surface area contributed by atoms with Crippen molar-refractivity contribution in [3.63, 3.8) is 0 Å². The van der Waals surface area contributed by atoms with Crippen LogP contribution < -0.4 is 5.32 Å². The first-order valence-electron chi connectivity index (χ1n) is 7.07. The summed E-state index contributed by atoms with van der Waals surface area (Å²) in [6.45, 7) is 9.41. The average Bonchev–Trinajstić information content (AvgIpc) is 3.05. The van der Waals surface area contributed by atoms with E-state index in [1.807, 2.05) is 12.3 Å². The van der Waals surface area contributed by atoms with Crippen molar-refractivity contribution in [3.8, 4) is 0 Å². The van der Waals surface area contributed by atoms with Crippen molar-refractivity contribution in [3.05, 3.63) is 27.8 Å². The highest BCUT2D eigenvalue weighted by Gasteiger charge is 2.20. The molecule has 1 N–H and O–H groups in total. The predicted molar refractivity (Wildman–Crippen MR) is 80.1 cm³/mol. The standard InChI is InChI=1S/C14H22N4OS/c1-5-6-15-11(4)10(3)14-17-12(18-19-14)7-13-16-9(2)8-20-13/h8,10-11,15H,5-7H2,1-4H3. The Morgan fingerprint density at radius 3 is 2.80 bits per heavy atom. The van der Waals surface area contributed by atoms with E-state index >= 15 is 0 Å². The molecule has 0 aliphatic rings. The van der Waals surface area contributed by atoms with Crippen LogP contribution in [-0.4, -0.2) is 27.7 Å². The lowest BCUT2D eigenvalue weighted by Crippen LogP contribution is -2.31. The van der Waals surface area contributed by atoms with Gasteiger partial charge in [0, 0.05) is 17.1 Å². The van der Waals surface area contributed by atoms with Gasteiger partial charge < -0.3 is 9.84 Å². The second kappa shape index (κ2) is 6.95. The summed E-state index contributed by atoms with van der Waals surface area (Å²) in [5.41, 5.74) is 1.04. The maximum absolute atomic E-state index is 5.38. The highest BCUT2D eigenvalue weighted by Crippen LogP contribution is 2.19. The molecule has 0 saturated heterocycles. The number of rotatable bonds is 7. The predicted octanol–water partition coefficient (Wildman–Crippen LogP) is 2.92. The smallest absolute Gasteiger partial charge is 0.231 e. The van der Waals surface area contributed by atoms with Crippen molar-refractivity contribution in [1.82, 2.24) is 20.4 Å². The minimum atomic E-state index is 0.209. The summed E-state index contributed by atoms with van der Waals surface area (Å²) < 4.78 is 5.38. The van der Waals surface area contributed by atoms with Crippen molar-refractivity contribution < 1.29 is 4.52 Å². The fraction of sp³-hybridized carbons (Fsp3) is 0.643. The molecule has 0 amide bonds. The van der Waals surface area contributed by atoms with Crippen molar-refractivity contribution in [2.24, 2.45) is 0 Å². The van der Waals surface area contributed by atoms with Gasteiger partial charge in [0.2, 0.25) is 5.89 Å². The van der Waals surface area contributed by atoms with Crippen LogP contribution in [0.3, 0.4) is 0 Å². The molecule has 0 aromatic carbocycles. The normalized spacial score (nSPS) is 14.4. The Bertz CT molecular complexity index is 537. The minimum Gasteiger partial charge on any atom is -0.339 e. The fourth-order valence-corrected chi connectivity index (χ4v) is 2.67. The van der Waals surface area contributed by atoms with E-state index in [1.165, 1.54) is 0 Å². The highest BCUT2D eigenvalue weighted by molar-refractivity contribution is 7.09. The van der Waals surface area contributed by atoms with Crippen LogP contribution in [0.1, 0.15) is 55.5 Å². The molecule has 0 spiro atoms. The molecule has 0 aliphatic heterocycles. The molecule has 20 heavy (non-hydrogen) atoms. The van der Waals surface area contributed by atoms with Gasteiger partial charge in [0.25, 0.3) is 0 Å². The molecular weight excluding hydrogens is 272 g/mol. The monoisotopic (exact) mass is 294 g/mol. The molecule has 2 aromatic rings. The molecule has 0 aliphatic carbocycles. The summed E-state index contributed by atoms with van der Waals surface area (Å²) in [6, 6.07) is 0.324. The number of nitrogens with one attached hydrogen (secondary N) is 1. The van der Waals surface area contributed by atoms with E-state index in [4.69, 9.17) is 4.52 Å². The van der Waals surface area contributed by atoms with Crippen LogP contribution in [0.4, 0.5) is 0 Å². The molecule has 0 bridgehead atoms. The zero-order chi connectivity index (χ0) is 14.5. The van der Waals surface area contributed by atoms with E-state index in [9.17, 15) is 0 Å². The van der Waals surface area contributed by atoms with Crippen LogP contribution in [0.5, 0.6) is 0 Å². The van der Waals surface area contributed by atoms with Gasteiger partial charge >= 0.3 is 0 Å². The molecule has 2 heterocycles. The van der Waals surface area contributed by atoms with Gasteiger partial charge in [-0.25, -0.2) is 4.98 Å². The molecule has 110 valence electrons. The Morgan fingerprint density at radius 2 is 2.15 bits per heavy atom. The lowest BCUT2D eigenvalue weighted by molar-refractivity contribution is 0.328. The maximum atomic E-state index is 5.38. The summed E-state index contributed by atoms with van der Waals surface area (Å²) in [5.74, 6) is 1.62. The van der Waals surface area contributed by atoms with Crippen LogP contribution in [0, 0.1) is 6.92 Å². The van der Waals surface area contributed by atoms with E-state index in [-0.39, 0.29) is 5.92 Å². The first kappa shape index (κ1) is 15.1. The number of hydrogen-bond acceptors (Lipinski definition) is 6. The Hall–Kier alpha value is -1.27. The number of aromatic nitrogens is 3. The lowest BCUT2D eigenvalue weighted by Gasteiger charge is -2.17. The molecule has 2 aromatic heterocycles. The molecular formula is C14H22N4OS. The first-order chi connectivity index (χ1) is 9.60. The molecule has 0 saturated carbocycles. The van der Waals surface area contributed by atoms with Gasteiger partial charge in [0.1, 0.15) is 5.01 Å². The van der Waals surface area contributed by atoms with E-state index < -0.39 is 0 Å². The molecule has 0 radical (unpaired) electrons. The third kappa shape index (κ3) is 3.86. The molecule has 2 atom stereocenters. The SMILES string of the molecule is CCCNC(C)C(C)c1nc(Cc2nc(C)cs2)no1. The van der Waals surface area contributed by atoms with Crippen LogP contribution in [-0.2, 0) is 6.42 Å². The van der Waals surface area contributed by atoms with Gasteiger partial charge in [-0.1, -0.05) is 19.0 Å². The largest absolute Gasteiger partial charge is 0.339 e. The zero-order valence-corrected chi connectivity index (χ0v) is 13.3. The molecule has 2 unspecified atom stereocenters. The van der Waals surface area contributed by atoms with Gasteiger partial charge in [0.05, 0.1) is 12.3 Å². The fourth-order valence-electron chi connectivity index (χ4n) is 1.91. The average molecular weight is 294 g/mol. The topological polar surface area (TPSA) is 63.8 Å². The van der Waals surface area contributed by atoms with E-state index in [2.05, 4.69) is 41.2 Å². The number of hydrogen-bond donors (Lipinski definition) is 1. The number of nitrogens with zero attached hydrogens (tertiary/aromatic N) is 3. The van der Waals surface area contributed by atoms with Gasteiger partial charge in [-0.2, -0.15) is 4.98 Å². The molecule has 6 heteroatoms. The second-order valence-electron chi connectivity index (χ2n) is 5.14. The van der Waals surface area contributed by atoms with Crippen LogP contribution in [0.2, 0.25) is 0 Å². The maximum Gasteiger partial charge on any atom is 0.231 e. The Morgan fingerprint density at radius 1 is 1.35 bits per heavy atom. The highest BCUT2D eigenvalue weighted by atomic mass is 32.1. The van der Waals surface area contributed by atoms with Crippen molar-refractivity contribution in [1.29, 1.82) is 0 Å². The molecule has 0 fully saturated rings. The van der Waals surface area contributed by atoms with Gasteiger partial charge in [-0.3, -0.25) is 0 Å². The Balaban J connectivity index is 1.97. The van der Waals surface area contributed by atoms with E-state index in [0.29, 0.717) is 24.2 Å². The second-order valence-corrected chi connectivity index (χ2v) is 6.08. The third-order valence-electron chi connectivity index (χ3n) is 3.32. The van der Waals surface area contributed by atoms with Crippen molar-refractivity contribution in [2.75, 3.05) is 6.54 Å². The summed E-state index contributed by atoms with van der Waals surface area (Å²) in [5, 5.41) is 10.6. The lowest BCUT2D eigenvalue weighted by atomic mass is 10.0. The summed E-state index contributed by atoms with van der Waals surface area (Å²) >= 11 is 1.63. The quantitative estimate of drug-likeness (QED) is 0.850. The van der Waals surface area contributed by atoms with Gasteiger partial charge in [-0.15, -0.1) is 11.3 Å². The number of aryl methyl sites for hydroxylation is 1. The molecule has 5 nitrogen and oxygen atoms in total. The summed E-state index contributed by atoms with van der Waals surface area (Å²) in [6.07, 6.45) is 1.76. The first-order valence-corrected chi connectivity index (χ1v) is 7.95. The van der Waals surface area contributed by atoms with Crippen molar-refractivity contribution >= 4 is 11.3 Å². The Labute approximate surface area is 123 Å². The van der Waals surface area contributed by atoms with E-state index in [1.54, 1.807) is 11.3 Å². The minimum absolute atomic E-state index is 0.209. The number of thiazole rings is 1. The molecule has 2 rings (SSSR count).